The van der Waals surface area contributed by atoms with Gasteiger partial charge in [0, 0.05) is 16.8 Å². The van der Waals surface area contributed by atoms with Crippen molar-refractivity contribution in [3.05, 3.63) is 150 Å². The first-order valence-corrected chi connectivity index (χ1v) is 12.3. The van der Waals surface area contributed by atoms with Crippen molar-refractivity contribution in [2.75, 3.05) is 5.32 Å². The van der Waals surface area contributed by atoms with Crippen LogP contribution >= 0.6 is 0 Å². The number of nitrogens with one attached hydrogen (secondary N) is 2. The summed E-state index contributed by atoms with van der Waals surface area (Å²) in [6.07, 6.45) is 0. The molecule has 4 nitrogen and oxygen atoms in total. The van der Waals surface area contributed by atoms with Crippen LogP contribution in [0.5, 0.6) is 0 Å². The molecule has 0 saturated carbocycles. The number of rotatable bonds is 4. The Morgan fingerprint density at radius 3 is 2.05 bits per heavy atom. The molecule has 1 aliphatic heterocycles. The summed E-state index contributed by atoms with van der Waals surface area (Å²) in [5.41, 5.74) is 9.75. The molecular weight excluding hydrogens is 454 g/mol. The van der Waals surface area contributed by atoms with Gasteiger partial charge in [0.05, 0.1) is 11.6 Å². The fourth-order valence-corrected chi connectivity index (χ4v) is 4.95. The monoisotopic (exact) mass is 480 g/mol. The SMILES string of the molecule is N=C(OC(=[NH2+])c1ccc(C2Nc3ccccc3-c3c(-c4ccccc4)cccc32)cc1)c1ccccc1. The molecule has 1 unspecified atom stereocenters. The third-order valence-electron chi connectivity index (χ3n) is 6.77. The van der Waals surface area contributed by atoms with Gasteiger partial charge in [0.2, 0.25) is 5.90 Å². The number of anilines is 1. The second kappa shape index (κ2) is 9.59. The summed E-state index contributed by atoms with van der Waals surface area (Å²) >= 11 is 0. The predicted octanol–water partition coefficient (Wildman–Crippen LogP) is 6.08. The van der Waals surface area contributed by atoms with E-state index in [-0.39, 0.29) is 17.8 Å². The summed E-state index contributed by atoms with van der Waals surface area (Å²) in [6, 6.07) is 42.9. The van der Waals surface area contributed by atoms with E-state index >= 15 is 0 Å². The smallest absolute Gasteiger partial charge is 0.373 e. The number of nitrogens with two attached hydrogens (primary N) is 1. The van der Waals surface area contributed by atoms with Gasteiger partial charge in [0.15, 0.2) is 0 Å². The molecule has 1 aliphatic rings. The minimum Gasteiger partial charge on any atom is -0.386 e. The van der Waals surface area contributed by atoms with Gasteiger partial charge in [-0.05, 0) is 58.1 Å². The molecule has 0 fully saturated rings. The quantitative estimate of drug-likeness (QED) is 0.215. The van der Waals surface area contributed by atoms with Crippen molar-refractivity contribution in [1.82, 2.24) is 0 Å². The van der Waals surface area contributed by atoms with Gasteiger partial charge >= 0.3 is 5.90 Å². The molecule has 0 amide bonds. The van der Waals surface area contributed by atoms with Gasteiger partial charge in [0.25, 0.3) is 0 Å². The van der Waals surface area contributed by atoms with Crippen molar-refractivity contribution in [2.45, 2.75) is 6.04 Å². The zero-order valence-electron chi connectivity index (χ0n) is 20.2. The molecule has 1 heterocycles. The van der Waals surface area contributed by atoms with Crippen LogP contribution < -0.4 is 10.7 Å². The third kappa shape index (κ3) is 4.30. The standard InChI is InChI=1S/C33H25N3O/c34-32(24-12-5-2-6-13-24)37-33(35)25-20-18-23(19-21-25)31-28-16-9-15-26(22-10-3-1-4-11-22)30(28)27-14-7-8-17-29(27)36-31/h1-21,31,34-36H/p+1. The fourth-order valence-electron chi connectivity index (χ4n) is 4.95. The number of hydrogen-bond acceptors (Lipinski definition) is 3. The van der Waals surface area contributed by atoms with Gasteiger partial charge in [-0.25, -0.2) is 5.41 Å². The van der Waals surface area contributed by atoms with E-state index in [1.54, 1.807) is 0 Å². The number of hydrogen-bond donors (Lipinski definition) is 3. The van der Waals surface area contributed by atoms with Crippen LogP contribution in [0.3, 0.4) is 0 Å². The van der Waals surface area contributed by atoms with Crippen molar-refractivity contribution in [1.29, 1.82) is 5.41 Å². The lowest BCUT2D eigenvalue weighted by Gasteiger charge is -2.32. The highest BCUT2D eigenvalue weighted by Crippen LogP contribution is 2.47. The van der Waals surface area contributed by atoms with Crippen molar-refractivity contribution >= 4 is 17.5 Å². The number of para-hydroxylation sites is 1. The van der Waals surface area contributed by atoms with E-state index in [0.717, 1.165) is 16.8 Å². The van der Waals surface area contributed by atoms with E-state index in [2.05, 4.69) is 84.2 Å². The van der Waals surface area contributed by atoms with E-state index in [1.165, 1.54) is 27.8 Å². The Labute approximate surface area is 216 Å². The minimum absolute atomic E-state index is 0.0210. The van der Waals surface area contributed by atoms with E-state index in [9.17, 15) is 0 Å². The van der Waals surface area contributed by atoms with Gasteiger partial charge in [-0.1, -0.05) is 97.1 Å². The van der Waals surface area contributed by atoms with E-state index in [4.69, 9.17) is 15.6 Å². The van der Waals surface area contributed by atoms with Crippen LogP contribution in [0.1, 0.15) is 28.3 Å². The molecule has 4 heteroatoms. The summed E-state index contributed by atoms with van der Waals surface area (Å²) in [5, 5.41) is 18.2. The highest BCUT2D eigenvalue weighted by molar-refractivity contribution is 6.03. The second-order valence-electron chi connectivity index (χ2n) is 9.04. The Hall–Kier alpha value is -4.96. The largest absolute Gasteiger partial charge is 0.386 e. The van der Waals surface area contributed by atoms with Crippen LogP contribution in [0, 0.1) is 5.41 Å². The van der Waals surface area contributed by atoms with Crippen LogP contribution in [0.2, 0.25) is 0 Å². The average molecular weight is 481 g/mol. The molecular formula is C33H26N3O+. The highest BCUT2D eigenvalue weighted by Gasteiger charge is 2.27. The third-order valence-corrected chi connectivity index (χ3v) is 6.77. The summed E-state index contributed by atoms with van der Waals surface area (Å²) in [5.74, 6) is 0.226. The molecule has 0 aliphatic carbocycles. The zero-order valence-corrected chi connectivity index (χ0v) is 20.2. The molecule has 178 valence electrons. The van der Waals surface area contributed by atoms with E-state index in [1.807, 2.05) is 48.5 Å². The molecule has 0 radical (unpaired) electrons. The molecule has 4 N–H and O–H groups in total. The first-order chi connectivity index (χ1) is 18.2. The van der Waals surface area contributed by atoms with Crippen molar-refractivity contribution < 1.29 is 10.1 Å². The van der Waals surface area contributed by atoms with Gasteiger partial charge in [-0.2, -0.15) is 0 Å². The Kier molecular flexibility index (Phi) is 5.83. The van der Waals surface area contributed by atoms with E-state index < -0.39 is 0 Å². The molecule has 6 rings (SSSR count). The average Bonchev–Trinajstić information content (AvgIpc) is 2.97. The lowest BCUT2D eigenvalue weighted by atomic mass is 9.82. The van der Waals surface area contributed by atoms with Crippen molar-refractivity contribution in [3.63, 3.8) is 0 Å². The van der Waals surface area contributed by atoms with Crippen molar-refractivity contribution in [3.8, 4) is 22.3 Å². The van der Waals surface area contributed by atoms with Gasteiger partial charge in [0.1, 0.15) is 0 Å². The van der Waals surface area contributed by atoms with Crippen LogP contribution in [0.25, 0.3) is 22.3 Å². The number of benzene rings is 5. The fraction of sp³-hybridized carbons (Fsp3) is 0.0303. The summed E-state index contributed by atoms with van der Waals surface area (Å²) in [4.78, 5) is 0. The summed E-state index contributed by atoms with van der Waals surface area (Å²) in [6.45, 7) is 0. The first kappa shape index (κ1) is 22.5. The minimum atomic E-state index is -0.0210. The normalized spacial score (nSPS) is 13.6. The van der Waals surface area contributed by atoms with Crippen molar-refractivity contribution in [2.24, 2.45) is 0 Å². The Bertz CT molecular complexity index is 1590. The topological polar surface area (TPSA) is 70.7 Å². The zero-order chi connectivity index (χ0) is 25.2. The summed E-state index contributed by atoms with van der Waals surface area (Å²) in [7, 11) is 0. The van der Waals surface area contributed by atoms with Crippen LogP contribution in [-0.4, -0.2) is 11.8 Å². The molecule has 0 saturated heterocycles. The highest BCUT2D eigenvalue weighted by atomic mass is 16.5. The first-order valence-electron chi connectivity index (χ1n) is 12.3. The second-order valence-corrected chi connectivity index (χ2v) is 9.04. The molecule has 0 aromatic heterocycles. The Morgan fingerprint density at radius 1 is 0.649 bits per heavy atom. The molecule has 5 aromatic rings. The summed E-state index contributed by atoms with van der Waals surface area (Å²) < 4.78 is 5.64. The number of ether oxygens (including phenoxy) is 1. The molecule has 37 heavy (non-hydrogen) atoms. The molecule has 0 spiro atoms. The lowest BCUT2D eigenvalue weighted by molar-refractivity contribution is -0.130. The lowest BCUT2D eigenvalue weighted by Crippen LogP contribution is -2.43. The van der Waals surface area contributed by atoms with E-state index in [0.29, 0.717) is 5.56 Å². The Balaban J connectivity index is 1.34. The molecule has 1 atom stereocenters. The maximum absolute atomic E-state index is 8.22. The van der Waals surface area contributed by atoms with Crippen LogP contribution in [0.4, 0.5) is 5.69 Å². The van der Waals surface area contributed by atoms with Gasteiger partial charge in [-0.3, -0.25) is 5.41 Å². The molecule has 5 aromatic carbocycles. The van der Waals surface area contributed by atoms with Crippen LogP contribution in [0.15, 0.2) is 127 Å². The molecule has 0 bridgehead atoms. The van der Waals surface area contributed by atoms with Gasteiger partial charge < -0.3 is 10.1 Å². The maximum atomic E-state index is 8.22. The number of fused-ring (bicyclic) bond motifs is 3. The Morgan fingerprint density at radius 2 is 1.30 bits per heavy atom. The maximum Gasteiger partial charge on any atom is 0.373 e. The van der Waals surface area contributed by atoms with Crippen LogP contribution in [-0.2, 0) is 4.74 Å². The van der Waals surface area contributed by atoms with Gasteiger partial charge in [-0.15, -0.1) is 0 Å². The predicted molar refractivity (Wildman–Crippen MR) is 150 cm³/mol.